The molecule has 0 radical (unpaired) electrons. The Morgan fingerprint density at radius 3 is 2.72 bits per heavy atom. The molecule has 1 saturated heterocycles. The standard InChI is InChI=1S/C14H22ClN3/c1-10-7-18(9-14(10)17(2)3)8-11-6-12(15)4-5-13(11)16/h4-6,10,14H,7-9,16H2,1-3H3. The van der Waals surface area contributed by atoms with Crippen molar-refractivity contribution in [3.05, 3.63) is 28.8 Å². The molecule has 2 N–H and O–H groups in total. The molecule has 0 saturated carbocycles. The molecule has 2 rings (SSSR count). The van der Waals surface area contributed by atoms with Crippen molar-refractivity contribution in [3.8, 4) is 0 Å². The van der Waals surface area contributed by atoms with E-state index in [2.05, 4.69) is 30.8 Å². The van der Waals surface area contributed by atoms with Crippen LogP contribution in [-0.4, -0.2) is 43.0 Å². The number of hydrogen-bond acceptors (Lipinski definition) is 3. The molecule has 0 aliphatic carbocycles. The third kappa shape index (κ3) is 2.97. The molecule has 0 spiro atoms. The summed E-state index contributed by atoms with van der Waals surface area (Å²) in [6.07, 6.45) is 0. The minimum atomic E-state index is 0.630. The highest BCUT2D eigenvalue weighted by Crippen LogP contribution is 2.25. The van der Waals surface area contributed by atoms with Crippen LogP contribution < -0.4 is 5.73 Å². The summed E-state index contributed by atoms with van der Waals surface area (Å²) in [5.74, 6) is 0.695. The van der Waals surface area contributed by atoms with Gasteiger partial charge in [-0.25, -0.2) is 0 Å². The molecule has 4 heteroatoms. The first-order chi connectivity index (χ1) is 8.47. The zero-order valence-electron chi connectivity index (χ0n) is 11.4. The van der Waals surface area contributed by atoms with Gasteiger partial charge in [0.15, 0.2) is 0 Å². The Kier molecular flexibility index (Phi) is 4.15. The smallest absolute Gasteiger partial charge is 0.0410 e. The lowest BCUT2D eigenvalue weighted by molar-refractivity contribution is 0.250. The van der Waals surface area contributed by atoms with Gasteiger partial charge in [-0.15, -0.1) is 0 Å². The summed E-state index contributed by atoms with van der Waals surface area (Å²) in [6, 6.07) is 6.34. The van der Waals surface area contributed by atoms with E-state index >= 15 is 0 Å². The van der Waals surface area contributed by atoms with Crippen molar-refractivity contribution < 1.29 is 0 Å². The van der Waals surface area contributed by atoms with Gasteiger partial charge in [0.2, 0.25) is 0 Å². The van der Waals surface area contributed by atoms with Gasteiger partial charge in [0, 0.05) is 36.4 Å². The van der Waals surface area contributed by atoms with Crippen LogP contribution in [0.1, 0.15) is 12.5 Å². The number of nitrogens with zero attached hydrogens (tertiary/aromatic N) is 2. The average Bonchev–Trinajstić information content (AvgIpc) is 2.65. The van der Waals surface area contributed by atoms with E-state index in [-0.39, 0.29) is 0 Å². The molecule has 100 valence electrons. The second-order valence-corrected chi connectivity index (χ2v) is 5.98. The molecule has 18 heavy (non-hydrogen) atoms. The molecule has 2 unspecified atom stereocenters. The molecule has 1 aromatic carbocycles. The summed E-state index contributed by atoms with van der Waals surface area (Å²) in [7, 11) is 4.30. The average molecular weight is 268 g/mol. The van der Waals surface area contributed by atoms with E-state index in [0.717, 1.165) is 35.9 Å². The Balaban J connectivity index is 2.05. The van der Waals surface area contributed by atoms with E-state index in [9.17, 15) is 0 Å². The molecular formula is C14H22ClN3. The summed E-state index contributed by atoms with van der Waals surface area (Å²) in [4.78, 5) is 4.77. The Morgan fingerprint density at radius 1 is 1.39 bits per heavy atom. The summed E-state index contributed by atoms with van der Waals surface area (Å²) in [6.45, 7) is 5.42. The Bertz CT molecular complexity index is 420. The fourth-order valence-electron chi connectivity index (χ4n) is 2.80. The predicted octanol–water partition coefficient (Wildman–Crippen LogP) is 2.30. The van der Waals surface area contributed by atoms with Gasteiger partial charge in [0.25, 0.3) is 0 Å². The van der Waals surface area contributed by atoms with Crippen molar-refractivity contribution in [1.29, 1.82) is 0 Å². The van der Waals surface area contributed by atoms with Gasteiger partial charge >= 0.3 is 0 Å². The highest BCUT2D eigenvalue weighted by Gasteiger charge is 2.30. The van der Waals surface area contributed by atoms with Gasteiger partial charge in [-0.2, -0.15) is 0 Å². The van der Waals surface area contributed by atoms with Crippen LogP contribution in [0.2, 0.25) is 5.02 Å². The second kappa shape index (κ2) is 5.47. The Morgan fingerprint density at radius 2 is 2.11 bits per heavy atom. The van der Waals surface area contributed by atoms with Crippen LogP contribution in [0.5, 0.6) is 0 Å². The summed E-state index contributed by atoms with van der Waals surface area (Å²) in [5.41, 5.74) is 7.97. The normalized spacial score (nSPS) is 24.9. The van der Waals surface area contributed by atoms with Crippen molar-refractivity contribution in [2.75, 3.05) is 32.9 Å². The van der Waals surface area contributed by atoms with Crippen LogP contribution in [0.3, 0.4) is 0 Å². The van der Waals surface area contributed by atoms with E-state index in [1.54, 1.807) is 0 Å². The zero-order chi connectivity index (χ0) is 13.3. The molecule has 1 aliphatic heterocycles. The number of halogens is 1. The number of nitrogen functional groups attached to an aromatic ring is 1. The predicted molar refractivity (Wildman–Crippen MR) is 77.8 cm³/mol. The molecule has 3 nitrogen and oxygen atoms in total. The van der Waals surface area contributed by atoms with E-state index in [4.69, 9.17) is 17.3 Å². The van der Waals surface area contributed by atoms with Gasteiger partial charge in [-0.3, -0.25) is 4.90 Å². The summed E-state index contributed by atoms with van der Waals surface area (Å²) >= 11 is 6.03. The lowest BCUT2D eigenvalue weighted by atomic mass is 10.1. The maximum Gasteiger partial charge on any atom is 0.0410 e. The van der Waals surface area contributed by atoms with Crippen LogP contribution in [0.4, 0.5) is 5.69 Å². The topological polar surface area (TPSA) is 32.5 Å². The minimum Gasteiger partial charge on any atom is -0.398 e. The first kappa shape index (κ1) is 13.7. The van der Waals surface area contributed by atoms with E-state index in [1.165, 1.54) is 0 Å². The maximum absolute atomic E-state index is 6.03. The molecule has 2 atom stereocenters. The number of hydrogen-bond donors (Lipinski definition) is 1. The first-order valence-corrected chi connectivity index (χ1v) is 6.78. The number of likely N-dealkylation sites (N-methyl/N-ethyl adjacent to an activating group) is 1. The quantitative estimate of drug-likeness (QED) is 0.853. The van der Waals surface area contributed by atoms with Crippen molar-refractivity contribution in [2.45, 2.75) is 19.5 Å². The number of likely N-dealkylation sites (tertiary alicyclic amines) is 1. The monoisotopic (exact) mass is 267 g/mol. The minimum absolute atomic E-state index is 0.630. The van der Waals surface area contributed by atoms with Crippen molar-refractivity contribution >= 4 is 17.3 Å². The first-order valence-electron chi connectivity index (χ1n) is 6.40. The largest absolute Gasteiger partial charge is 0.398 e. The number of anilines is 1. The van der Waals surface area contributed by atoms with Gasteiger partial charge in [0.1, 0.15) is 0 Å². The lowest BCUT2D eigenvalue weighted by Crippen LogP contribution is -2.34. The Labute approximate surface area is 115 Å². The molecule has 1 fully saturated rings. The van der Waals surface area contributed by atoms with E-state index < -0.39 is 0 Å². The molecule has 0 aromatic heterocycles. The summed E-state index contributed by atoms with van der Waals surface area (Å²) < 4.78 is 0. The van der Waals surface area contributed by atoms with Crippen LogP contribution in [0, 0.1) is 5.92 Å². The van der Waals surface area contributed by atoms with E-state index in [0.29, 0.717) is 12.0 Å². The van der Waals surface area contributed by atoms with Crippen LogP contribution >= 0.6 is 11.6 Å². The van der Waals surface area contributed by atoms with E-state index in [1.807, 2.05) is 18.2 Å². The highest BCUT2D eigenvalue weighted by atomic mass is 35.5. The van der Waals surface area contributed by atoms with Crippen LogP contribution in [0.25, 0.3) is 0 Å². The SMILES string of the molecule is CC1CN(Cc2cc(Cl)ccc2N)CC1N(C)C. The second-order valence-electron chi connectivity index (χ2n) is 5.55. The number of rotatable bonds is 3. The van der Waals surface area contributed by atoms with Crippen LogP contribution in [-0.2, 0) is 6.54 Å². The third-order valence-corrected chi connectivity index (χ3v) is 4.05. The van der Waals surface area contributed by atoms with Gasteiger partial charge in [0.05, 0.1) is 0 Å². The lowest BCUT2D eigenvalue weighted by Gasteiger charge is -2.22. The van der Waals surface area contributed by atoms with Gasteiger partial charge < -0.3 is 10.6 Å². The maximum atomic E-state index is 6.03. The molecule has 1 aromatic rings. The fourth-order valence-corrected chi connectivity index (χ4v) is 3.00. The molecule has 1 heterocycles. The van der Waals surface area contributed by atoms with Crippen molar-refractivity contribution in [2.24, 2.45) is 5.92 Å². The highest BCUT2D eigenvalue weighted by molar-refractivity contribution is 6.30. The molecule has 0 amide bonds. The van der Waals surface area contributed by atoms with Crippen molar-refractivity contribution in [3.63, 3.8) is 0 Å². The van der Waals surface area contributed by atoms with Crippen molar-refractivity contribution in [1.82, 2.24) is 9.80 Å². The number of nitrogens with two attached hydrogens (primary N) is 1. The Hall–Kier alpha value is -0.770. The van der Waals surface area contributed by atoms with Crippen LogP contribution in [0.15, 0.2) is 18.2 Å². The fraction of sp³-hybridized carbons (Fsp3) is 0.571. The third-order valence-electron chi connectivity index (χ3n) is 3.81. The molecule has 1 aliphatic rings. The number of benzene rings is 1. The molecular weight excluding hydrogens is 246 g/mol. The molecule has 0 bridgehead atoms. The zero-order valence-corrected chi connectivity index (χ0v) is 12.1. The van der Waals surface area contributed by atoms with Gasteiger partial charge in [-0.05, 0) is 43.8 Å². The van der Waals surface area contributed by atoms with Gasteiger partial charge in [-0.1, -0.05) is 18.5 Å². The summed E-state index contributed by atoms with van der Waals surface area (Å²) in [5, 5.41) is 0.760.